The van der Waals surface area contributed by atoms with E-state index >= 15 is 0 Å². The Balaban J connectivity index is -0.000000214. The summed E-state index contributed by atoms with van der Waals surface area (Å²) in [6.45, 7) is 21.0. The van der Waals surface area contributed by atoms with Crippen LogP contribution in [0, 0.1) is 11.8 Å². The summed E-state index contributed by atoms with van der Waals surface area (Å²) in [5.41, 5.74) is 4.85. The van der Waals surface area contributed by atoms with Crippen molar-refractivity contribution in [1.29, 1.82) is 0 Å². The second-order valence-corrected chi connectivity index (χ2v) is 10.8. The number of amides is 5. The molecule has 5 amide bonds. The molecule has 1 saturated carbocycles. The number of nitrogens with one attached hydrogen (secondary N) is 4. The maximum absolute atomic E-state index is 11.5. The van der Waals surface area contributed by atoms with E-state index in [-0.39, 0.29) is 44.4 Å². The summed E-state index contributed by atoms with van der Waals surface area (Å²) in [4.78, 5) is 68.4. The Morgan fingerprint density at radius 3 is 1.25 bits per heavy atom. The van der Waals surface area contributed by atoms with Crippen molar-refractivity contribution in [1.82, 2.24) is 26.2 Å². The molecule has 12 nitrogen and oxygen atoms in total. The Kier molecular flexibility index (Phi) is 43.7. The molecular weight excluding hydrogens is 564 g/mol. The molecule has 0 spiro atoms. The minimum Gasteiger partial charge on any atom is -0.348 e. The first-order valence-electron chi connectivity index (χ1n) is 16.0. The van der Waals surface area contributed by atoms with Crippen LogP contribution in [0.4, 0.5) is 0 Å². The number of hydrogen-bond acceptors (Lipinski definition) is 7. The zero-order valence-electron chi connectivity index (χ0n) is 30.1. The molecule has 0 unspecified atom stereocenters. The highest BCUT2D eigenvalue weighted by molar-refractivity contribution is 5.91. The van der Waals surface area contributed by atoms with Gasteiger partial charge in [-0.05, 0) is 25.3 Å². The fourth-order valence-electron chi connectivity index (χ4n) is 2.64. The zero-order valence-corrected chi connectivity index (χ0v) is 30.1. The van der Waals surface area contributed by atoms with Crippen LogP contribution in [0.15, 0.2) is 0 Å². The molecule has 1 aliphatic carbocycles. The largest absolute Gasteiger partial charge is 0.348 e. The molecule has 1 fully saturated rings. The van der Waals surface area contributed by atoms with Crippen molar-refractivity contribution < 1.29 is 28.8 Å². The molecule has 0 saturated heterocycles. The number of rotatable bonds is 10. The van der Waals surface area contributed by atoms with Gasteiger partial charge in [-0.25, -0.2) is 0 Å². The third kappa shape index (κ3) is 51.7. The first-order valence-corrected chi connectivity index (χ1v) is 16.0. The molecule has 0 aliphatic heterocycles. The summed E-state index contributed by atoms with van der Waals surface area (Å²) in [6.07, 6.45) is 8.69. The lowest BCUT2D eigenvalue weighted by Gasteiger charge is -2.15. The number of ketones is 1. The maximum Gasteiger partial charge on any atom is 0.240 e. The van der Waals surface area contributed by atoms with Crippen LogP contribution in [0.1, 0.15) is 115 Å². The van der Waals surface area contributed by atoms with Crippen molar-refractivity contribution in [2.45, 2.75) is 115 Å². The quantitative estimate of drug-likeness (QED) is 0.245. The topological polar surface area (TPSA) is 180 Å². The average Bonchev–Trinajstić information content (AvgIpc) is 2.95. The molecule has 1 aliphatic rings. The summed E-state index contributed by atoms with van der Waals surface area (Å²) < 4.78 is 0. The molecule has 1 rings (SSSR count). The van der Waals surface area contributed by atoms with E-state index in [4.69, 9.17) is 5.73 Å². The Labute approximate surface area is 268 Å². The van der Waals surface area contributed by atoms with Crippen molar-refractivity contribution in [3.63, 3.8) is 0 Å². The Bertz CT molecular complexity index is 736. The minimum atomic E-state index is -0.603. The van der Waals surface area contributed by atoms with Gasteiger partial charge in [-0.3, -0.25) is 28.8 Å². The van der Waals surface area contributed by atoms with Gasteiger partial charge in [0.25, 0.3) is 0 Å². The van der Waals surface area contributed by atoms with Gasteiger partial charge in [0.15, 0.2) is 0 Å². The van der Waals surface area contributed by atoms with Gasteiger partial charge in [-0.2, -0.15) is 0 Å². The summed E-state index contributed by atoms with van der Waals surface area (Å²) in [5.74, 6) is -0.888. The van der Waals surface area contributed by atoms with Crippen LogP contribution >= 0.6 is 0 Å². The number of carbonyl (C=O) groups is 6. The van der Waals surface area contributed by atoms with E-state index in [1.165, 1.54) is 64.3 Å². The third-order valence-corrected chi connectivity index (χ3v) is 4.69. The molecule has 6 N–H and O–H groups in total. The summed E-state index contributed by atoms with van der Waals surface area (Å²) in [6, 6.07) is 0. The Morgan fingerprint density at radius 2 is 1.00 bits per heavy atom. The van der Waals surface area contributed by atoms with Crippen molar-refractivity contribution in [3.05, 3.63) is 0 Å². The second-order valence-electron chi connectivity index (χ2n) is 10.8. The molecule has 0 aromatic rings. The summed E-state index contributed by atoms with van der Waals surface area (Å²) in [5, 5.41) is 9.10. The van der Waals surface area contributed by atoms with Crippen molar-refractivity contribution in [2.24, 2.45) is 17.6 Å². The highest BCUT2D eigenvalue weighted by Gasteiger charge is 2.11. The van der Waals surface area contributed by atoms with Gasteiger partial charge in [-0.1, -0.05) is 101 Å². The maximum atomic E-state index is 11.5. The standard InChI is InChI=1S/C14H23N5O6.C7H14.C4H10.C3H8.C2H7N.C2H6/c1-9(20)4-15-11(22)5-16-12(23)6-17-13(24)7-18-14(25)8-19(3)10(2)21;1-7-5-3-2-4-6-7;1-4(2)3;1-3-2;1-2-3;1-2/h4-8H2,1-3H3,(H,15,22)(H,16,23)(H,17,24)(H,18,25);7H,2-6H2,1H3;4H,1-3H3;3H2,1-2H3;2-3H2,1H3;1-2H3. The van der Waals surface area contributed by atoms with Crippen molar-refractivity contribution in [2.75, 3.05) is 46.3 Å². The molecule has 0 aromatic heterocycles. The third-order valence-electron chi connectivity index (χ3n) is 4.69. The van der Waals surface area contributed by atoms with E-state index in [1.54, 1.807) is 0 Å². The number of hydrogen-bond donors (Lipinski definition) is 5. The smallest absolute Gasteiger partial charge is 0.240 e. The second kappa shape index (κ2) is 38.0. The number of carbonyl (C=O) groups excluding carboxylic acids is 6. The predicted octanol–water partition coefficient (Wildman–Crippen LogP) is 3.17. The van der Waals surface area contributed by atoms with Gasteiger partial charge < -0.3 is 31.9 Å². The van der Waals surface area contributed by atoms with Gasteiger partial charge in [-0.15, -0.1) is 0 Å². The molecule has 0 radical (unpaired) electrons. The van der Waals surface area contributed by atoms with E-state index < -0.39 is 23.6 Å². The lowest BCUT2D eigenvalue weighted by atomic mass is 9.91. The predicted molar refractivity (Wildman–Crippen MR) is 181 cm³/mol. The van der Waals surface area contributed by atoms with Crippen LogP contribution in [0.5, 0.6) is 0 Å². The fourth-order valence-corrected chi connectivity index (χ4v) is 2.64. The average molecular weight is 633 g/mol. The normalized spacial score (nSPS) is 11.2. The SMILES string of the molecule is CC.CC(=O)CNC(=O)CNC(=O)CNC(=O)CNC(=O)CN(C)C(C)=O.CC(C)C.CC1CCCCC1.CCC.CCN. The van der Waals surface area contributed by atoms with E-state index in [1.807, 2.05) is 20.8 Å². The summed E-state index contributed by atoms with van der Waals surface area (Å²) >= 11 is 0. The van der Waals surface area contributed by atoms with E-state index in [9.17, 15) is 28.8 Å². The van der Waals surface area contributed by atoms with Crippen LogP contribution in [-0.4, -0.2) is 86.5 Å². The number of nitrogens with zero attached hydrogens (tertiary/aromatic N) is 1. The van der Waals surface area contributed by atoms with Gasteiger partial charge in [0.05, 0.1) is 32.7 Å². The Morgan fingerprint density at radius 1 is 0.705 bits per heavy atom. The molecule has 12 heteroatoms. The first kappa shape index (κ1) is 50.6. The van der Waals surface area contributed by atoms with Crippen LogP contribution < -0.4 is 27.0 Å². The minimum absolute atomic E-state index is 0.121. The monoisotopic (exact) mass is 633 g/mol. The molecule has 44 heavy (non-hydrogen) atoms. The molecule has 0 bridgehead atoms. The van der Waals surface area contributed by atoms with Crippen LogP contribution in [0.3, 0.4) is 0 Å². The summed E-state index contributed by atoms with van der Waals surface area (Å²) in [7, 11) is 1.44. The highest BCUT2D eigenvalue weighted by atomic mass is 16.2. The molecular formula is C32H68N6O6. The number of Topliss-reactive ketones (excluding diaryl/α,β-unsaturated/α-hetero) is 1. The van der Waals surface area contributed by atoms with Crippen LogP contribution in [0.2, 0.25) is 0 Å². The van der Waals surface area contributed by atoms with E-state index in [2.05, 4.69) is 62.8 Å². The van der Waals surface area contributed by atoms with Crippen LogP contribution in [-0.2, 0) is 28.8 Å². The van der Waals surface area contributed by atoms with Gasteiger partial charge in [0.2, 0.25) is 29.5 Å². The molecule has 0 heterocycles. The molecule has 0 aromatic carbocycles. The van der Waals surface area contributed by atoms with Gasteiger partial charge in [0.1, 0.15) is 5.78 Å². The van der Waals surface area contributed by atoms with E-state index in [0.29, 0.717) is 0 Å². The van der Waals surface area contributed by atoms with Crippen molar-refractivity contribution in [3.8, 4) is 0 Å². The fraction of sp³-hybridized carbons (Fsp3) is 0.812. The Hall–Kier alpha value is -3.02. The number of nitrogens with two attached hydrogens (primary N) is 1. The van der Waals surface area contributed by atoms with E-state index in [0.717, 1.165) is 18.4 Å². The first-order chi connectivity index (χ1) is 20.6. The van der Waals surface area contributed by atoms with Gasteiger partial charge in [0, 0.05) is 14.0 Å². The molecule has 262 valence electrons. The highest BCUT2D eigenvalue weighted by Crippen LogP contribution is 2.22. The lowest BCUT2D eigenvalue weighted by molar-refractivity contribution is -0.133. The van der Waals surface area contributed by atoms with Crippen molar-refractivity contribution >= 4 is 35.3 Å². The number of likely N-dealkylation sites (N-methyl/N-ethyl adjacent to an activating group) is 1. The van der Waals surface area contributed by atoms with Crippen LogP contribution in [0.25, 0.3) is 0 Å². The zero-order chi connectivity index (χ0) is 35.5. The molecule has 0 atom stereocenters. The van der Waals surface area contributed by atoms with Gasteiger partial charge >= 0.3 is 0 Å². The lowest BCUT2D eigenvalue weighted by Crippen LogP contribution is -2.45.